The van der Waals surface area contributed by atoms with Gasteiger partial charge >= 0.3 is 5.97 Å². The number of phenols is 2. The number of hydrogen-bond acceptors (Lipinski definition) is 4. The molecule has 0 aliphatic rings. The number of fused-ring (bicyclic) bond motifs is 2. The van der Waals surface area contributed by atoms with E-state index in [1.807, 2.05) is 42.5 Å². The summed E-state index contributed by atoms with van der Waals surface area (Å²) in [5.74, 6) is -0.0724. The maximum absolute atomic E-state index is 12.6. The molecule has 4 nitrogen and oxygen atoms in total. The molecule has 5 aromatic carbocycles. The van der Waals surface area contributed by atoms with Crippen LogP contribution >= 0.6 is 0 Å². The van der Waals surface area contributed by atoms with Gasteiger partial charge < -0.3 is 14.9 Å². The predicted octanol–water partition coefficient (Wildman–Crippen LogP) is 6.29. The monoisotopic (exact) mass is 406 g/mol. The van der Waals surface area contributed by atoms with E-state index in [9.17, 15) is 15.0 Å². The molecule has 0 saturated carbocycles. The second kappa shape index (κ2) is 7.50. The van der Waals surface area contributed by atoms with Crippen LogP contribution in [-0.2, 0) is 0 Å². The lowest BCUT2D eigenvalue weighted by atomic mass is 9.97. The van der Waals surface area contributed by atoms with E-state index in [0.717, 1.165) is 32.7 Å². The predicted molar refractivity (Wildman–Crippen MR) is 122 cm³/mol. The molecule has 0 radical (unpaired) electrons. The number of rotatable bonds is 3. The van der Waals surface area contributed by atoms with Gasteiger partial charge in [-0.3, -0.25) is 0 Å². The van der Waals surface area contributed by atoms with E-state index in [-0.39, 0.29) is 17.1 Å². The molecular formula is C27H18O4. The minimum Gasteiger partial charge on any atom is -0.508 e. The van der Waals surface area contributed by atoms with Crippen molar-refractivity contribution in [2.24, 2.45) is 0 Å². The number of benzene rings is 5. The fourth-order valence-electron chi connectivity index (χ4n) is 3.69. The Hall–Kier alpha value is -4.31. The summed E-state index contributed by atoms with van der Waals surface area (Å²) in [4.78, 5) is 12.6. The van der Waals surface area contributed by atoms with Crippen molar-refractivity contribution in [2.75, 3.05) is 0 Å². The van der Waals surface area contributed by atoms with Crippen LogP contribution in [0.4, 0.5) is 0 Å². The molecule has 0 aromatic heterocycles. The van der Waals surface area contributed by atoms with Gasteiger partial charge in [0.15, 0.2) is 0 Å². The number of phenolic OH excluding ortho intramolecular Hbond substituents is 2. The topological polar surface area (TPSA) is 66.8 Å². The molecule has 5 aromatic rings. The van der Waals surface area contributed by atoms with Crippen LogP contribution in [0.3, 0.4) is 0 Å². The molecule has 4 heteroatoms. The Bertz CT molecular complexity index is 1440. The molecule has 31 heavy (non-hydrogen) atoms. The number of hydrogen-bond donors (Lipinski definition) is 2. The molecule has 0 unspecified atom stereocenters. The molecule has 0 bridgehead atoms. The van der Waals surface area contributed by atoms with Gasteiger partial charge in [-0.25, -0.2) is 4.79 Å². The average molecular weight is 406 g/mol. The maximum atomic E-state index is 12.6. The average Bonchev–Trinajstić information content (AvgIpc) is 2.78. The molecule has 0 atom stereocenters. The summed E-state index contributed by atoms with van der Waals surface area (Å²) in [5.41, 5.74) is 2.11. The molecule has 0 saturated heterocycles. The Balaban J connectivity index is 1.54. The van der Waals surface area contributed by atoms with Gasteiger partial charge in [0.2, 0.25) is 0 Å². The lowest BCUT2D eigenvalue weighted by Gasteiger charge is -2.10. The summed E-state index contributed by atoms with van der Waals surface area (Å²) < 4.78 is 5.38. The molecule has 0 amide bonds. The Kier molecular flexibility index (Phi) is 4.53. The normalized spacial score (nSPS) is 11.0. The summed E-state index contributed by atoms with van der Waals surface area (Å²) in [6.07, 6.45) is 0. The van der Waals surface area contributed by atoms with Crippen molar-refractivity contribution in [1.82, 2.24) is 0 Å². The lowest BCUT2D eigenvalue weighted by molar-refractivity contribution is 0.0732. The third-order valence-corrected chi connectivity index (χ3v) is 5.29. The van der Waals surface area contributed by atoms with Gasteiger partial charge in [-0.15, -0.1) is 0 Å². The summed E-state index contributed by atoms with van der Waals surface area (Å²) in [6, 6.07) is 29.2. The fourth-order valence-corrected chi connectivity index (χ4v) is 3.69. The van der Waals surface area contributed by atoms with Crippen molar-refractivity contribution < 1.29 is 19.7 Å². The van der Waals surface area contributed by atoms with Gasteiger partial charge in [0.25, 0.3) is 0 Å². The minimum atomic E-state index is -0.610. The highest BCUT2D eigenvalue weighted by atomic mass is 16.5. The number of esters is 1. The molecular weight excluding hydrogens is 388 g/mol. The molecule has 0 fully saturated rings. The zero-order valence-electron chi connectivity index (χ0n) is 16.4. The van der Waals surface area contributed by atoms with Crippen molar-refractivity contribution >= 4 is 27.5 Å². The van der Waals surface area contributed by atoms with Crippen LogP contribution in [0.2, 0.25) is 0 Å². The first-order valence-corrected chi connectivity index (χ1v) is 9.84. The van der Waals surface area contributed by atoms with Crippen LogP contribution in [0.5, 0.6) is 17.2 Å². The number of aromatic hydroxyl groups is 2. The Labute approximate surface area is 178 Å². The van der Waals surface area contributed by atoms with E-state index in [1.54, 1.807) is 48.5 Å². The first kappa shape index (κ1) is 18.7. The minimum absolute atomic E-state index is 0.113. The second-order valence-corrected chi connectivity index (χ2v) is 7.38. The quantitative estimate of drug-likeness (QED) is 0.273. The van der Waals surface area contributed by atoms with Crippen LogP contribution in [0.15, 0.2) is 97.1 Å². The van der Waals surface area contributed by atoms with Gasteiger partial charge in [-0.2, -0.15) is 0 Å². The highest BCUT2D eigenvalue weighted by Gasteiger charge is 2.15. The van der Waals surface area contributed by atoms with E-state index in [4.69, 9.17) is 4.74 Å². The largest absolute Gasteiger partial charge is 0.508 e. The summed E-state index contributed by atoms with van der Waals surface area (Å²) in [7, 11) is 0. The Morgan fingerprint density at radius 2 is 1.23 bits per heavy atom. The Morgan fingerprint density at radius 1 is 0.613 bits per heavy atom. The van der Waals surface area contributed by atoms with E-state index < -0.39 is 5.97 Å². The first-order valence-electron chi connectivity index (χ1n) is 9.84. The summed E-state index contributed by atoms with van der Waals surface area (Å²) in [6.45, 7) is 0. The van der Waals surface area contributed by atoms with E-state index in [1.165, 1.54) is 0 Å². The van der Waals surface area contributed by atoms with Gasteiger partial charge in [0.05, 0.1) is 0 Å². The standard InChI is InChI=1S/C27H18O4/c28-23-11-10-19-12-17(6-8-20(19)14-23)18-7-9-21-16-26(29)25(15-22(21)13-18)27(30)31-24-4-2-1-3-5-24/h1-16,28-29H. The smallest absolute Gasteiger partial charge is 0.347 e. The van der Waals surface area contributed by atoms with Gasteiger partial charge in [0.1, 0.15) is 22.8 Å². The van der Waals surface area contributed by atoms with E-state index >= 15 is 0 Å². The van der Waals surface area contributed by atoms with Crippen molar-refractivity contribution in [2.45, 2.75) is 0 Å². The number of carbonyl (C=O) groups excluding carboxylic acids is 1. The molecule has 0 aliphatic carbocycles. The van der Waals surface area contributed by atoms with Gasteiger partial charge in [-0.1, -0.05) is 48.5 Å². The van der Waals surface area contributed by atoms with Crippen LogP contribution < -0.4 is 4.74 Å². The number of carbonyl (C=O) groups is 1. The first-order chi connectivity index (χ1) is 15.1. The van der Waals surface area contributed by atoms with Crippen LogP contribution in [0.25, 0.3) is 32.7 Å². The van der Waals surface area contributed by atoms with Crippen molar-refractivity contribution in [3.8, 4) is 28.4 Å². The molecule has 0 aliphatic heterocycles. The maximum Gasteiger partial charge on any atom is 0.347 e. The second-order valence-electron chi connectivity index (χ2n) is 7.38. The van der Waals surface area contributed by atoms with Gasteiger partial charge in [-0.05, 0) is 81.2 Å². The molecule has 0 spiro atoms. The fraction of sp³-hybridized carbons (Fsp3) is 0. The highest BCUT2D eigenvalue weighted by molar-refractivity contribution is 6.00. The number of para-hydroxylation sites is 1. The SMILES string of the molecule is O=C(Oc1ccccc1)c1cc2cc(-c3ccc4cc(O)ccc4c3)ccc2cc1O. The lowest BCUT2D eigenvalue weighted by Crippen LogP contribution is -2.08. The molecule has 5 rings (SSSR count). The highest BCUT2D eigenvalue weighted by Crippen LogP contribution is 2.32. The summed E-state index contributed by atoms with van der Waals surface area (Å²) in [5, 5.41) is 23.6. The molecule has 0 heterocycles. The molecule has 150 valence electrons. The van der Waals surface area contributed by atoms with Crippen molar-refractivity contribution in [1.29, 1.82) is 0 Å². The summed E-state index contributed by atoms with van der Waals surface area (Å²) >= 11 is 0. The molecule has 2 N–H and O–H groups in total. The third kappa shape index (κ3) is 3.67. The zero-order valence-corrected chi connectivity index (χ0v) is 16.4. The van der Waals surface area contributed by atoms with E-state index in [2.05, 4.69) is 6.07 Å². The third-order valence-electron chi connectivity index (χ3n) is 5.29. The number of ether oxygens (including phenoxy) is 1. The van der Waals surface area contributed by atoms with Crippen LogP contribution in [-0.4, -0.2) is 16.2 Å². The van der Waals surface area contributed by atoms with Crippen LogP contribution in [0.1, 0.15) is 10.4 Å². The van der Waals surface area contributed by atoms with Crippen molar-refractivity contribution in [3.63, 3.8) is 0 Å². The van der Waals surface area contributed by atoms with E-state index in [0.29, 0.717) is 5.75 Å². The van der Waals surface area contributed by atoms with Crippen LogP contribution in [0, 0.1) is 0 Å². The van der Waals surface area contributed by atoms with Gasteiger partial charge in [0, 0.05) is 0 Å². The van der Waals surface area contributed by atoms with Crippen molar-refractivity contribution in [3.05, 3.63) is 103 Å². The zero-order chi connectivity index (χ0) is 21.4. The Morgan fingerprint density at radius 3 is 1.97 bits per heavy atom.